The Balaban J connectivity index is 2.38. The average Bonchev–Trinajstić information content (AvgIpc) is 2.81. The third-order valence-corrected chi connectivity index (χ3v) is 5.24. The van der Waals surface area contributed by atoms with Gasteiger partial charge in [-0.3, -0.25) is 29.0 Å². The van der Waals surface area contributed by atoms with Gasteiger partial charge in [0.05, 0.1) is 11.8 Å². The predicted molar refractivity (Wildman–Crippen MR) is 92.8 cm³/mol. The molecule has 0 aromatic carbocycles. The first-order valence-electron chi connectivity index (χ1n) is 8.58. The van der Waals surface area contributed by atoms with Crippen molar-refractivity contribution in [3.8, 4) is 0 Å². The molecule has 0 aromatic rings. The zero-order valence-electron chi connectivity index (χ0n) is 16.4. The molecule has 0 radical (unpaired) electrons. The van der Waals surface area contributed by atoms with Gasteiger partial charge in [0, 0.05) is 11.1 Å². The summed E-state index contributed by atoms with van der Waals surface area (Å²) in [5.74, 6) is -2.45. The minimum absolute atomic E-state index is 0.302. The molecule has 2 aliphatic rings. The lowest BCUT2D eigenvalue weighted by Gasteiger charge is -2.35. The molecule has 25 heavy (non-hydrogen) atoms. The van der Waals surface area contributed by atoms with Crippen LogP contribution >= 0.6 is 0 Å². The summed E-state index contributed by atoms with van der Waals surface area (Å²) in [5, 5.41) is 0. The van der Waals surface area contributed by atoms with Gasteiger partial charge in [-0.05, 0) is 24.7 Å². The molecule has 0 N–H and O–H groups in total. The van der Waals surface area contributed by atoms with Crippen molar-refractivity contribution in [2.75, 3.05) is 6.67 Å². The third kappa shape index (κ3) is 3.02. The van der Waals surface area contributed by atoms with Crippen molar-refractivity contribution in [1.82, 2.24) is 9.80 Å². The topological polar surface area (TPSA) is 74.8 Å². The number of amides is 4. The van der Waals surface area contributed by atoms with Gasteiger partial charge in [-0.15, -0.1) is 0 Å². The Bertz CT molecular complexity index is 635. The van der Waals surface area contributed by atoms with Crippen LogP contribution in [-0.2, 0) is 19.2 Å². The lowest BCUT2D eigenvalue weighted by molar-refractivity contribution is -0.148. The molecular weight excluding hydrogens is 320 g/mol. The van der Waals surface area contributed by atoms with Crippen LogP contribution in [0.2, 0.25) is 0 Å². The first-order valence-corrected chi connectivity index (χ1v) is 8.58. The van der Waals surface area contributed by atoms with Crippen LogP contribution in [0.4, 0.5) is 0 Å². The predicted octanol–water partition coefficient (Wildman–Crippen LogP) is 2.34. The number of carbonyl (C=O) groups excluding carboxylic acids is 4. The van der Waals surface area contributed by atoms with E-state index in [4.69, 9.17) is 0 Å². The van der Waals surface area contributed by atoms with E-state index in [1.165, 1.54) is 0 Å². The van der Waals surface area contributed by atoms with E-state index >= 15 is 0 Å². The first kappa shape index (κ1) is 19.3. The summed E-state index contributed by atoms with van der Waals surface area (Å²) >= 11 is 0. The molecule has 0 aromatic heterocycles. The van der Waals surface area contributed by atoms with Crippen LogP contribution in [0.5, 0.6) is 0 Å². The van der Waals surface area contributed by atoms with Gasteiger partial charge >= 0.3 is 0 Å². The molecule has 2 atom stereocenters. The maximum absolute atomic E-state index is 13.0. The van der Waals surface area contributed by atoms with E-state index in [1.54, 1.807) is 13.8 Å². The molecule has 1 saturated heterocycles. The Hall–Kier alpha value is -1.98. The lowest BCUT2D eigenvalue weighted by atomic mass is 9.65. The molecular formula is C19H28N2O4. The quantitative estimate of drug-likeness (QED) is 0.718. The van der Waals surface area contributed by atoms with Crippen LogP contribution in [0.15, 0.2) is 11.1 Å². The van der Waals surface area contributed by atoms with Crippen molar-refractivity contribution in [2.45, 2.75) is 55.4 Å². The molecule has 4 amide bonds. The maximum atomic E-state index is 13.0. The molecule has 6 nitrogen and oxygen atoms in total. The largest absolute Gasteiger partial charge is 0.274 e. The number of rotatable bonds is 2. The van der Waals surface area contributed by atoms with Crippen LogP contribution in [0.1, 0.15) is 55.4 Å². The van der Waals surface area contributed by atoms with E-state index in [-0.39, 0.29) is 18.5 Å². The fraction of sp³-hybridized carbons (Fsp3) is 0.684. The van der Waals surface area contributed by atoms with Gasteiger partial charge in [-0.25, -0.2) is 0 Å². The van der Waals surface area contributed by atoms with Gasteiger partial charge in [0.25, 0.3) is 11.8 Å². The number of likely N-dealkylation sites (tertiary alicyclic amines) is 1. The molecule has 2 unspecified atom stereocenters. The Morgan fingerprint density at radius 3 is 1.28 bits per heavy atom. The lowest BCUT2D eigenvalue weighted by Crippen LogP contribution is -2.45. The second-order valence-corrected chi connectivity index (χ2v) is 9.22. The summed E-state index contributed by atoms with van der Waals surface area (Å²) in [7, 11) is 0. The molecule has 2 heterocycles. The summed E-state index contributed by atoms with van der Waals surface area (Å²) in [4.78, 5) is 52.7. The fourth-order valence-corrected chi connectivity index (χ4v) is 3.70. The van der Waals surface area contributed by atoms with E-state index in [0.29, 0.717) is 11.1 Å². The molecule has 6 heteroatoms. The second-order valence-electron chi connectivity index (χ2n) is 9.22. The van der Waals surface area contributed by atoms with Crippen molar-refractivity contribution >= 4 is 23.6 Å². The van der Waals surface area contributed by atoms with Gasteiger partial charge in [-0.1, -0.05) is 41.5 Å². The SMILES string of the molecule is CC1=C(C)C(=O)N(CN2C(=O)C(C(C)(C)C)C(C(C)(C)C)C2=O)C1=O. The van der Waals surface area contributed by atoms with Gasteiger partial charge in [0.1, 0.15) is 6.67 Å². The van der Waals surface area contributed by atoms with Crippen LogP contribution in [0.3, 0.4) is 0 Å². The highest BCUT2D eigenvalue weighted by molar-refractivity contribution is 6.19. The fourth-order valence-electron chi connectivity index (χ4n) is 3.70. The van der Waals surface area contributed by atoms with Crippen LogP contribution in [-0.4, -0.2) is 40.1 Å². The highest BCUT2D eigenvalue weighted by Gasteiger charge is 2.57. The Kier molecular flexibility index (Phi) is 4.47. The minimum Gasteiger partial charge on any atom is -0.274 e. The van der Waals surface area contributed by atoms with Crippen LogP contribution in [0, 0.1) is 22.7 Å². The number of hydrogen-bond acceptors (Lipinski definition) is 4. The van der Waals surface area contributed by atoms with Crippen molar-refractivity contribution < 1.29 is 19.2 Å². The average molecular weight is 348 g/mol. The van der Waals surface area contributed by atoms with E-state index in [2.05, 4.69) is 0 Å². The zero-order valence-corrected chi connectivity index (χ0v) is 16.4. The number of nitrogens with zero attached hydrogens (tertiary/aromatic N) is 2. The third-order valence-electron chi connectivity index (χ3n) is 5.24. The van der Waals surface area contributed by atoms with Gasteiger partial charge in [0.15, 0.2) is 0 Å². The van der Waals surface area contributed by atoms with E-state index in [9.17, 15) is 19.2 Å². The Morgan fingerprint density at radius 2 is 1.00 bits per heavy atom. The maximum Gasteiger partial charge on any atom is 0.258 e. The summed E-state index contributed by atoms with van der Waals surface area (Å²) in [5.41, 5.74) is -0.0712. The van der Waals surface area contributed by atoms with Crippen molar-refractivity contribution in [3.63, 3.8) is 0 Å². The van der Waals surface area contributed by atoms with Crippen molar-refractivity contribution in [3.05, 3.63) is 11.1 Å². The number of carbonyl (C=O) groups is 4. The summed E-state index contributed by atoms with van der Waals surface area (Å²) < 4.78 is 0. The number of hydrogen-bond donors (Lipinski definition) is 0. The molecule has 0 spiro atoms. The zero-order chi connectivity index (χ0) is 19.5. The molecule has 0 aliphatic carbocycles. The Labute approximate surface area is 149 Å². The smallest absolute Gasteiger partial charge is 0.258 e. The monoisotopic (exact) mass is 348 g/mol. The first-order chi connectivity index (χ1) is 11.2. The van der Waals surface area contributed by atoms with Crippen LogP contribution < -0.4 is 0 Å². The van der Waals surface area contributed by atoms with Crippen molar-refractivity contribution in [2.24, 2.45) is 22.7 Å². The highest BCUT2D eigenvalue weighted by Crippen LogP contribution is 2.47. The molecule has 2 aliphatic heterocycles. The van der Waals surface area contributed by atoms with E-state index < -0.39 is 34.5 Å². The number of imide groups is 2. The minimum atomic E-state index is -0.483. The van der Waals surface area contributed by atoms with Gasteiger partial charge < -0.3 is 0 Å². The molecule has 138 valence electrons. The van der Waals surface area contributed by atoms with E-state index in [0.717, 1.165) is 9.80 Å². The summed E-state index contributed by atoms with van der Waals surface area (Å²) in [6.45, 7) is 14.5. The standard InChI is InChI=1S/C19H28N2O4/c1-10-11(2)15(23)20(14(10)22)9-21-16(24)12(18(3,4)5)13(17(21)25)19(6,7)8/h12-13H,9H2,1-8H3. The summed E-state index contributed by atoms with van der Waals surface area (Å²) in [6.07, 6.45) is 0. The second kappa shape index (κ2) is 5.78. The Morgan fingerprint density at radius 1 is 0.680 bits per heavy atom. The molecule has 0 saturated carbocycles. The normalized spacial score (nSPS) is 25.8. The van der Waals surface area contributed by atoms with Gasteiger partial charge in [-0.2, -0.15) is 0 Å². The summed E-state index contributed by atoms with van der Waals surface area (Å²) in [6, 6.07) is 0. The van der Waals surface area contributed by atoms with Crippen molar-refractivity contribution in [1.29, 1.82) is 0 Å². The molecule has 2 rings (SSSR count). The van der Waals surface area contributed by atoms with Crippen LogP contribution in [0.25, 0.3) is 0 Å². The van der Waals surface area contributed by atoms with E-state index in [1.807, 2.05) is 41.5 Å². The van der Waals surface area contributed by atoms with Gasteiger partial charge in [0.2, 0.25) is 11.8 Å². The molecule has 1 fully saturated rings. The highest BCUT2D eigenvalue weighted by atomic mass is 16.2. The molecule has 0 bridgehead atoms.